The molecular weight excluding hydrogens is 231 g/mol. The van der Waals surface area contributed by atoms with Gasteiger partial charge in [0.25, 0.3) is 10.1 Å². The molecule has 0 saturated heterocycles. The number of hydrogen-bond acceptors (Lipinski definition) is 5. The van der Waals surface area contributed by atoms with Crippen LogP contribution in [0.3, 0.4) is 0 Å². The van der Waals surface area contributed by atoms with E-state index in [1.54, 1.807) is 0 Å². The summed E-state index contributed by atoms with van der Waals surface area (Å²) in [7, 11) is -4.42. The van der Waals surface area contributed by atoms with Crippen molar-refractivity contribution in [3.05, 3.63) is 0 Å². The van der Waals surface area contributed by atoms with Crippen molar-refractivity contribution in [1.82, 2.24) is 0 Å². The predicted octanol–water partition coefficient (Wildman–Crippen LogP) is 1.14. The lowest BCUT2D eigenvalue weighted by atomic mass is 10.4. The maximum absolute atomic E-state index is 11.4. The van der Waals surface area contributed by atoms with Crippen molar-refractivity contribution >= 4 is 17.7 Å². The minimum absolute atomic E-state index is 0.148. The summed E-state index contributed by atoms with van der Waals surface area (Å²) in [6.07, 6.45) is 0.740. The summed E-state index contributed by atoms with van der Waals surface area (Å²) in [6.45, 7) is 0. The van der Waals surface area contributed by atoms with Gasteiger partial charge in [-0.1, -0.05) is 0 Å². The molecular formula is C6H15O6PS. The van der Waals surface area contributed by atoms with Gasteiger partial charge in [0.15, 0.2) is 0 Å². The Morgan fingerprint density at radius 2 is 1.71 bits per heavy atom. The SMILES string of the molecule is COP(=O)(CCCCS(=O)(=O)O)OC. The van der Waals surface area contributed by atoms with Crippen LogP contribution >= 0.6 is 7.60 Å². The van der Waals surface area contributed by atoms with Gasteiger partial charge < -0.3 is 9.05 Å². The van der Waals surface area contributed by atoms with Crippen LogP contribution < -0.4 is 0 Å². The van der Waals surface area contributed by atoms with E-state index in [4.69, 9.17) is 4.55 Å². The molecule has 86 valence electrons. The molecule has 0 rings (SSSR count). The van der Waals surface area contributed by atoms with Crippen LogP contribution in [0.2, 0.25) is 0 Å². The Labute approximate surface area is 83.9 Å². The molecule has 0 spiro atoms. The molecule has 0 amide bonds. The maximum Gasteiger partial charge on any atom is 0.330 e. The van der Waals surface area contributed by atoms with Crippen molar-refractivity contribution in [2.24, 2.45) is 0 Å². The minimum Gasteiger partial charge on any atom is -0.312 e. The smallest absolute Gasteiger partial charge is 0.312 e. The zero-order valence-electron chi connectivity index (χ0n) is 8.17. The van der Waals surface area contributed by atoms with Crippen molar-refractivity contribution < 1.29 is 26.6 Å². The lowest BCUT2D eigenvalue weighted by Crippen LogP contribution is -2.05. The van der Waals surface area contributed by atoms with Crippen molar-refractivity contribution in [2.45, 2.75) is 12.8 Å². The monoisotopic (exact) mass is 246 g/mol. The van der Waals surface area contributed by atoms with Gasteiger partial charge in [-0.15, -0.1) is 0 Å². The van der Waals surface area contributed by atoms with Gasteiger partial charge in [-0.05, 0) is 12.8 Å². The first kappa shape index (κ1) is 14.1. The Balaban J connectivity index is 3.80. The van der Waals surface area contributed by atoms with E-state index in [9.17, 15) is 13.0 Å². The van der Waals surface area contributed by atoms with E-state index in [0.717, 1.165) is 0 Å². The van der Waals surface area contributed by atoms with Gasteiger partial charge in [0, 0.05) is 14.2 Å². The molecule has 0 heterocycles. The third kappa shape index (κ3) is 6.50. The molecule has 0 bridgehead atoms. The second-order valence-electron chi connectivity index (χ2n) is 2.69. The number of unbranched alkanes of at least 4 members (excludes halogenated alkanes) is 1. The summed E-state index contributed by atoms with van der Waals surface area (Å²) in [6, 6.07) is 0. The average Bonchev–Trinajstić information content (AvgIpc) is 2.11. The Kier molecular flexibility index (Phi) is 5.85. The predicted molar refractivity (Wildman–Crippen MR) is 52.1 cm³/mol. The van der Waals surface area contributed by atoms with Crippen LogP contribution in [-0.2, 0) is 23.7 Å². The summed E-state index contributed by atoms with van der Waals surface area (Å²) >= 11 is 0. The van der Waals surface area contributed by atoms with Crippen LogP contribution in [0.25, 0.3) is 0 Å². The third-order valence-electron chi connectivity index (χ3n) is 1.64. The molecule has 0 aromatic carbocycles. The molecule has 0 radical (unpaired) electrons. The molecule has 6 nitrogen and oxygen atoms in total. The number of rotatable bonds is 7. The Morgan fingerprint density at radius 1 is 1.21 bits per heavy atom. The first-order valence-electron chi connectivity index (χ1n) is 3.99. The van der Waals surface area contributed by atoms with Gasteiger partial charge in [-0.25, -0.2) is 0 Å². The Morgan fingerprint density at radius 3 is 2.07 bits per heavy atom. The molecule has 0 fully saturated rings. The molecule has 1 N–H and O–H groups in total. The van der Waals surface area contributed by atoms with Gasteiger partial charge in [-0.2, -0.15) is 8.42 Å². The molecule has 0 aliphatic rings. The number of hydrogen-bond donors (Lipinski definition) is 1. The lowest BCUT2D eigenvalue weighted by molar-refractivity contribution is 0.275. The summed E-state index contributed by atoms with van der Waals surface area (Å²) in [5.74, 6) is -0.333. The largest absolute Gasteiger partial charge is 0.330 e. The molecule has 0 aliphatic heterocycles. The van der Waals surface area contributed by atoms with E-state index < -0.39 is 17.7 Å². The van der Waals surface area contributed by atoms with Gasteiger partial charge in [0.2, 0.25) is 0 Å². The van der Waals surface area contributed by atoms with Crippen LogP contribution in [0.15, 0.2) is 0 Å². The summed E-state index contributed by atoms with van der Waals surface area (Å²) in [4.78, 5) is 0. The van der Waals surface area contributed by atoms with Gasteiger partial charge in [-0.3, -0.25) is 9.12 Å². The standard InChI is InChI=1S/C6H15O6PS/c1-11-13(7,12-2)5-3-4-6-14(8,9)10/h3-6H2,1-2H3,(H,8,9,10). The highest BCUT2D eigenvalue weighted by Crippen LogP contribution is 2.46. The first-order valence-corrected chi connectivity index (χ1v) is 7.32. The quantitative estimate of drug-likeness (QED) is 0.411. The fourth-order valence-electron chi connectivity index (χ4n) is 0.847. The minimum atomic E-state index is -3.93. The van der Waals surface area contributed by atoms with Crippen LogP contribution in [0.4, 0.5) is 0 Å². The van der Waals surface area contributed by atoms with Crippen LogP contribution in [0.5, 0.6) is 0 Å². The van der Waals surface area contributed by atoms with Crippen LogP contribution in [0.1, 0.15) is 12.8 Å². The molecule has 0 saturated carbocycles. The van der Waals surface area contributed by atoms with Gasteiger partial charge >= 0.3 is 7.60 Å². The van der Waals surface area contributed by atoms with E-state index in [1.807, 2.05) is 0 Å². The Hall–Kier alpha value is 0.0600. The molecule has 0 aromatic heterocycles. The average molecular weight is 246 g/mol. The van der Waals surface area contributed by atoms with Gasteiger partial charge in [0.05, 0.1) is 11.9 Å². The topological polar surface area (TPSA) is 89.9 Å². The van der Waals surface area contributed by atoms with Crippen LogP contribution in [-0.4, -0.2) is 39.1 Å². The summed E-state index contributed by atoms with van der Waals surface area (Å²) in [5, 5.41) is 0. The van der Waals surface area contributed by atoms with E-state index in [0.29, 0.717) is 6.42 Å². The normalized spacial score (nSPS) is 13.1. The molecule has 8 heteroatoms. The second kappa shape index (κ2) is 5.82. The van der Waals surface area contributed by atoms with E-state index >= 15 is 0 Å². The molecule has 0 aromatic rings. The zero-order chi connectivity index (χ0) is 11.2. The Bertz CT molecular complexity index is 289. The van der Waals surface area contributed by atoms with Gasteiger partial charge in [0.1, 0.15) is 0 Å². The fraction of sp³-hybridized carbons (Fsp3) is 1.00. The molecule has 0 aliphatic carbocycles. The maximum atomic E-state index is 11.4. The third-order valence-corrected chi connectivity index (χ3v) is 4.42. The summed E-state index contributed by atoms with van der Waals surface area (Å²) < 4.78 is 49.7. The molecule has 14 heavy (non-hydrogen) atoms. The lowest BCUT2D eigenvalue weighted by Gasteiger charge is -2.12. The summed E-state index contributed by atoms with van der Waals surface area (Å²) in [5.41, 5.74) is 0. The van der Waals surface area contributed by atoms with Crippen molar-refractivity contribution in [3.63, 3.8) is 0 Å². The fourth-order valence-corrected chi connectivity index (χ4v) is 2.54. The highest BCUT2D eigenvalue weighted by Gasteiger charge is 2.20. The molecule has 0 atom stereocenters. The highest BCUT2D eigenvalue weighted by atomic mass is 32.2. The van der Waals surface area contributed by atoms with E-state index in [2.05, 4.69) is 9.05 Å². The highest BCUT2D eigenvalue weighted by molar-refractivity contribution is 7.85. The van der Waals surface area contributed by atoms with E-state index in [-0.39, 0.29) is 18.3 Å². The second-order valence-corrected chi connectivity index (χ2v) is 6.66. The first-order chi connectivity index (χ1) is 6.33. The van der Waals surface area contributed by atoms with Crippen molar-refractivity contribution in [1.29, 1.82) is 0 Å². The van der Waals surface area contributed by atoms with Crippen LogP contribution in [0, 0.1) is 0 Å². The van der Waals surface area contributed by atoms with Crippen molar-refractivity contribution in [2.75, 3.05) is 26.1 Å². The van der Waals surface area contributed by atoms with E-state index in [1.165, 1.54) is 14.2 Å². The van der Waals surface area contributed by atoms with Crippen molar-refractivity contribution in [3.8, 4) is 0 Å². The zero-order valence-corrected chi connectivity index (χ0v) is 9.88. The molecule has 0 unspecified atom stereocenters.